The maximum Gasteiger partial charge on any atom is 0.316 e. The van der Waals surface area contributed by atoms with Gasteiger partial charge < -0.3 is 10.0 Å². The van der Waals surface area contributed by atoms with Gasteiger partial charge in [-0.2, -0.15) is 0 Å². The molecule has 1 aromatic rings. The van der Waals surface area contributed by atoms with Gasteiger partial charge in [0.2, 0.25) is 0 Å². The predicted octanol–water partition coefficient (Wildman–Crippen LogP) is 3.66. The van der Waals surface area contributed by atoms with Gasteiger partial charge in [0.1, 0.15) is 5.41 Å². The normalized spacial score (nSPS) is 16.2. The molecule has 0 aliphatic heterocycles. The van der Waals surface area contributed by atoms with Crippen LogP contribution in [0.1, 0.15) is 32.8 Å². The smallest absolute Gasteiger partial charge is 0.316 e. The predicted molar refractivity (Wildman–Crippen MR) is 83.4 cm³/mol. The van der Waals surface area contributed by atoms with Crippen molar-refractivity contribution in [1.82, 2.24) is 4.90 Å². The standard InChI is InChI=1S/C16H24ClNO2/c1-6-14(18(4)5)16(11(2)3,15(19)20)12-7-9-13(17)10-8-12/h7-11,14H,6H2,1-5H3,(H,19,20). The molecule has 0 aliphatic rings. The molecule has 0 aliphatic carbocycles. The monoisotopic (exact) mass is 297 g/mol. The van der Waals surface area contributed by atoms with Crippen molar-refractivity contribution in [3.05, 3.63) is 34.9 Å². The lowest BCUT2D eigenvalue weighted by Gasteiger charge is -2.43. The van der Waals surface area contributed by atoms with Crippen LogP contribution < -0.4 is 0 Å². The van der Waals surface area contributed by atoms with Crippen LogP contribution in [-0.2, 0) is 10.2 Å². The molecule has 4 heteroatoms. The lowest BCUT2D eigenvalue weighted by Crippen LogP contribution is -2.56. The fourth-order valence-electron chi connectivity index (χ4n) is 3.24. The van der Waals surface area contributed by atoms with Crippen molar-refractivity contribution in [1.29, 1.82) is 0 Å². The first-order chi connectivity index (χ1) is 9.28. The Morgan fingerprint density at radius 1 is 1.30 bits per heavy atom. The van der Waals surface area contributed by atoms with Crippen molar-refractivity contribution >= 4 is 17.6 Å². The van der Waals surface area contributed by atoms with Crippen molar-refractivity contribution in [3.63, 3.8) is 0 Å². The Morgan fingerprint density at radius 2 is 1.80 bits per heavy atom. The van der Waals surface area contributed by atoms with E-state index in [0.717, 1.165) is 12.0 Å². The summed E-state index contributed by atoms with van der Waals surface area (Å²) in [4.78, 5) is 14.2. The first kappa shape index (κ1) is 17.0. The molecule has 2 unspecified atom stereocenters. The van der Waals surface area contributed by atoms with Gasteiger partial charge in [-0.05, 0) is 44.1 Å². The maximum absolute atomic E-state index is 12.2. The highest BCUT2D eigenvalue weighted by Gasteiger charge is 2.50. The van der Waals surface area contributed by atoms with Gasteiger partial charge in [0.15, 0.2) is 0 Å². The summed E-state index contributed by atoms with van der Waals surface area (Å²) >= 11 is 5.94. The number of aliphatic carboxylic acids is 1. The molecular formula is C16H24ClNO2. The van der Waals surface area contributed by atoms with Crippen molar-refractivity contribution < 1.29 is 9.90 Å². The van der Waals surface area contributed by atoms with E-state index in [1.165, 1.54) is 0 Å². The molecule has 0 saturated heterocycles. The van der Waals surface area contributed by atoms with Crippen molar-refractivity contribution in [2.24, 2.45) is 5.92 Å². The second-order valence-electron chi connectivity index (χ2n) is 5.72. The van der Waals surface area contributed by atoms with Crippen LogP contribution in [0.3, 0.4) is 0 Å². The SMILES string of the molecule is CCC(N(C)C)C(C(=O)O)(c1ccc(Cl)cc1)C(C)C. The van der Waals surface area contributed by atoms with Gasteiger partial charge in [0, 0.05) is 11.1 Å². The van der Waals surface area contributed by atoms with Crippen molar-refractivity contribution in [2.45, 2.75) is 38.6 Å². The van der Waals surface area contributed by atoms with E-state index in [1.807, 2.05) is 51.9 Å². The van der Waals surface area contributed by atoms with Crippen LogP contribution in [0.4, 0.5) is 0 Å². The molecule has 0 spiro atoms. The Morgan fingerprint density at radius 3 is 2.10 bits per heavy atom. The number of carboxylic acids is 1. The number of benzene rings is 1. The van der Waals surface area contributed by atoms with Gasteiger partial charge >= 0.3 is 5.97 Å². The summed E-state index contributed by atoms with van der Waals surface area (Å²) in [5.41, 5.74) is -0.131. The molecule has 0 amide bonds. The van der Waals surface area contributed by atoms with Crippen LogP contribution in [0.5, 0.6) is 0 Å². The van der Waals surface area contributed by atoms with Crippen LogP contribution in [0.15, 0.2) is 24.3 Å². The number of rotatable bonds is 6. The van der Waals surface area contributed by atoms with Crippen molar-refractivity contribution in [3.8, 4) is 0 Å². The molecule has 0 radical (unpaired) electrons. The fourth-order valence-corrected chi connectivity index (χ4v) is 3.37. The molecular weight excluding hydrogens is 274 g/mol. The Hall–Kier alpha value is -1.06. The zero-order valence-electron chi connectivity index (χ0n) is 12.9. The highest BCUT2D eigenvalue weighted by Crippen LogP contribution is 2.40. The molecule has 1 aromatic carbocycles. The highest BCUT2D eigenvalue weighted by atomic mass is 35.5. The maximum atomic E-state index is 12.2. The highest BCUT2D eigenvalue weighted by molar-refractivity contribution is 6.30. The zero-order valence-corrected chi connectivity index (χ0v) is 13.6. The summed E-state index contributed by atoms with van der Waals surface area (Å²) in [5.74, 6) is -0.816. The molecule has 0 heterocycles. The summed E-state index contributed by atoms with van der Waals surface area (Å²) in [6.45, 7) is 5.96. The minimum Gasteiger partial charge on any atom is -0.481 e. The number of halogens is 1. The third-order valence-corrected chi connectivity index (χ3v) is 4.37. The average molecular weight is 298 g/mol. The van der Waals surface area contributed by atoms with E-state index in [9.17, 15) is 9.90 Å². The van der Waals surface area contributed by atoms with E-state index >= 15 is 0 Å². The topological polar surface area (TPSA) is 40.5 Å². The van der Waals surface area contributed by atoms with Crippen molar-refractivity contribution in [2.75, 3.05) is 14.1 Å². The van der Waals surface area contributed by atoms with E-state index in [2.05, 4.69) is 0 Å². The van der Waals surface area contributed by atoms with E-state index in [0.29, 0.717) is 5.02 Å². The number of hydrogen-bond acceptors (Lipinski definition) is 2. The third-order valence-electron chi connectivity index (χ3n) is 4.12. The molecule has 112 valence electrons. The molecule has 2 atom stereocenters. The number of carboxylic acid groups (broad SMARTS) is 1. The van der Waals surface area contributed by atoms with E-state index < -0.39 is 11.4 Å². The molecule has 1 rings (SSSR count). The lowest BCUT2D eigenvalue weighted by molar-refractivity contribution is -0.149. The molecule has 0 fully saturated rings. The van der Waals surface area contributed by atoms with Crippen LogP contribution in [-0.4, -0.2) is 36.1 Å². The fraction of sp³-hybridized carbons (Fsp3) is 0.562. The molecule has 20 heavy (non-hydrogen) atoms. The zero-order chi connectivity index (χ0) is 15.5. The van der Waals surface area contributed by atoms with E-state index in [4.69, 9.17) is 11.6 Å². The van der Waals surface area contributed by atoms with E-state index in [1.54, 1.807) is 12.1 Å². The number of likely N-dealkylation sites (N-methyl/N-ethyl adjacent to an activating group) is 1. The minimum atomic E-state index is -0.942. The number of hydrogen-bond donors (Lipinski definition) is 1. The van der Waals surface area contributed by atoms with Gasteiger partial charge in [0.05, 0.1) is 0 Å². The van der Waals surface area contributed by atoms with Gasteiger partial charge in [0.25, 0.3) is 0 Å². The summed E-state index contributed by atoms with van der Waals surface area (Å²) in [7, 11) is 3.87. The summed E-state index contributed by atoms with van der Waals surface area (Å²) in [5, 5.41) is 10.6. The Kier molecular flexibility index (Phi) is 5.60. The summed E-state index contributed by atoms with van der Waals surface area (Å²) < 4.78 is 0. The van der Waals surface area contributed by atoms with Crippen LogP contribution in [0.2, 0.25) is 5.02 Å². The van der Waals surface area contributed by atoms with Crippen LogP contribution in [0.25, 0.3) is 0 Å². The number of carbonyl (C=O) groups is 1. The second kappa shape index (κ2) is 6.59. The summed E-state index contributed by atoms with van der Waals surface area (Å²) in [6, 6.07) is 7.12. The van der Waals surface area contributed by atoms with Gasteiger partial charge in [-0.15, -0.1) is 0 Å². The number of nitrogens with zero attached hydrogens (tertiary/aromatic N) is 1. The third kappa shape index (κ3) is 2.84. The van der Waals surface area contributed by atoms with E-state index in [-0.39, 0.29) is 12.0 Å². The molecule has 3 nitrogen and oxygen atoms in total. The first-order valence-corrected chi connectivity index (χ1v) is 7.32. The molecule has 0 bridgehead atoms. The van der Waals surface area contributed by atoms with Gasteiger partial charge in [-0.25, -0.2) is 0 Å². The molecule has 1 N–H and O–H groups in total. The molecule has 0 saturated carbocycles. The Bertz CT molecular complexity index is 456. The lowest BCUT2D eigenvalue weighted by atomic mass is 9.65. The largest absolute Gasteiger partial charge is 0.481 e. The average Bonchev–Trinajstić information content (AvgIpc) is 2.35. The second-order valence-corrected chi connectivity index (χ2v) is 6.16. The summed E-state index contributed by atoms with van der Waals surface area (Å²) in [6.07, 6.45) is 0.764. The minimum absolute atomic E-state index is 0.0338. The van der Waals surface area contributed by atoms with Gasteiger partial charge in [-0.1, -0.05) is 44.5 Å². The first-order valence-electron chi connectivity index (χ1n) is 6.94. The Labute approximate surface area is 126 Å². The molecule has 0 aromatic heterocycles. The quantitative estimate of drug-likeness (QED) is 0.871. The van der Waals surface area contributed by atoms with Gasteiger partial charge in [-0.3, -0.25) is 4.79 Å². The van der Waals surface area contributed by atoms with Crippen LogP contribution in [0, 0.1) is 5.92 Å². The Balaban J connectivity index is 3.54. The van der Waals surface area contributed by atoms with Crippen LogP contribution >= 0.6 is 11.6 Å².